The lowest BCUT2D eigenvalue weighted by molar-refractivity contribution is -0.113. The molecule has 0 heterocycles. The average molecular weight is 216 g/mol. The number of Topliss-reactive ketones (excluding diaryl/α,β-unsaturated/α-hetero) is 1. The normalized spacial score (nSPS) is 18.0. The summed E-state index contributed by atoms with van der Waals surface area (Å²) in [4.78, 5) is 11.5. The number of carbonyl (C=O) groups is 1. The van der Waals surface area contributed by atoms with Crippen molar-refractivity contribution in [3.8, 4) is 0 Å². The molecule has 3 heteroatoms. The van der Waals surface area contributed by atoms with Gasteiger partial charge in [-0.3, -0.25) is 4.79 Å². The van der Waals surface area contributed by atoms with Crippen LogP contribution in [0, 0.1) is 0 Å². The van der Waals surface area contributed by atoms with Gasteiger partial charge in [0, 0.05) is 5.57 Å². The van der Waals surface area contributed by atoms with E-state index in [4.69, 9.17) is 0 Å². The van der Waals surface area contributed by atoms with Gasteiger partial charge in [0.2, 0.25) is 11.6 Å². The van der Waals surface area contributed by atoms with Crippen LogP contribution in [0.5, 0.6) is 0 Å². The van der Waals surface area contributed by atoms with E-state index < -0.39 is 17.4 Å². The molecule has 2 aliphatic rings. The third-order valence-electron chi connectivity index (χ3n) is 2.77. The second-order valence-corrected chi connectivity index (χ2v) is 3.69. The maximum atomic E-state index is 13.1. The number of halogens is 2. The van der Waals surface area contributed by atoms with E-state index in [0.29, 0.717) is 5.57 Å². The molecule has 0 spiro atoms. The zero-order valence-electron chi connectivity index (χ0n) is 8.13. The van der Waals surface area contributed by atoms with Gasteiger partial charge in [-0.1, -0.05) is 24.3 Å². The molecule has 3 rings (SSSR count). The van der Waals surface area contributed by atoms with Crippen LogP contribution in [0.1, 0.15) is 11.1 Å². The van der Waals surface area contributed by atoms with Crippen molar-refractivity contribution >= 4 is 17.4 Å². The molecule has 0 bridgehead atoms. The molecule has 0 aromatic heterocycles. The Bertz CT molecular complexity index is 606. The van der Waals surface area contributed by atoms with Gasteiger partial charge in [-0.2, -0.15) is 4.39 Å². The SMILES string of the molecule is O=C1C2=Cc3ccccc3C2=CC(F)=C1F. The number of fused-ring (bicyclic) bond motifs is 3. The molecule has 16 heavy (non-hydrogen) atoms. The second kappa shape index (κ2) is 2.98. The Kier molecular flexibility index (Phi) is 1.72. The standard InChI is InChI=1S/C13H6F2O/c14-11-6-9-8-4-2-1-3-7(8)5-10(9)13(16)12(11)15/h1-6H. The van der Waals surface area contributed by atoms with Crippen LogP contribution in [0.4, 0.5) is 8.78 Å². The van der Waals surface area contributed by atoms with Gasteiger partial charge in [0.15, 0.2) is 5.83 Å². The third-order valence-corrected chi connectivity index (χ3v) is 2.77. The first-order valence-electron chi connectivity index (χ1n) is 4.81. The van der Waals surface area contributed by atoms with E-state index in [2.05, 4.69) is 0 Å². The number of rotatable bonds is 0. The monoisotopic (exact) mass is 216 g/mol. The first-order chi connectivity index (χ1) is 7.68. The molecule has 0 N–H and O–H groups in total. The third kappa shape index (κ3) is 1.05. The first-order valence-corrected chi connectivity index (χ1v) is 4.81. The minimum Gasteiger partial charge on any atom is -0.286 e. The topological polar surface area (TPSA) is 17.1 Å². The lowest BCUT2D eigenvalue weighted by Gasteiger charge is -2.10. The molecule has 0 aliphatic heterocycles. The van der Waals surface area contributed by atoms with E-state index in [-0.39, 0.29) is 5.57 Å². The number of allylic oxidation sites excluding steroid dienone is 5. The summed E-state index contributed by atoms with van der Waals surface area (Å²) < 4.78 is 26.2. The predicted molar refractivity (Wildman–Crippen MR) is 56.6 cm³/mol. The summed E-state index contributed by atoms with van der Waals surface area (Å²) in [6, 6.07) is 7.21. The smallest absolute Gasteiger partial charge is 0.225 e. The Morgan fingerprint density at radius 3 is 2.50 bits per heavy atom. The molecule has 1 aromatic carbocycles. The van der Waals surface area contributed by atoms with Crippen LogP contribution in [0.3, 0.4) is 0 Å². The lowest BCUT2D eigenvalue weighted by Crippen LogP contribution is -2.08. The summed E-state index contributed by atoms with van der Waals surface area (Å²) in [6.45, 7) is 0. The van der Waals surface area contributed by atoms with Crippen molar-refractivity contribution in [2.75, 3.05) is 0 Å². The number of carbonyl (C=O) groups excluding carboxylic acids is 1. The summed E-state index contributed by atoms with van der Waals surface area (Å²) in [5.41, 5.74) is 2.30. The van der Waals surface area contributed by atoms with Gasteiger partial charge in [-0.05, 0) is 28.9 Å². The fraction of sp³-hybridized carbons (Fsp3) is 0. The van der Waals surface area contributed by atoms with Crippen molar-refractivity contribution in [2.45, 2.75) is 0 Å². The summed E-state index contributed by atoms with van der Waals surface area (Å²) in [7, 11) is 0. The van der Waals surface area contributed by atoms with Crippen molar-refractivity contribution < 1.29 is 13.6 Å². The minimum atomic E-state index is -1.30. The van der Waals surface area contributed by atoms with E-state index in [0.717, 1.165) is 17.2 Å². The zero-order valence-corrected chi connectivity index (χ0v) is 8.13. The van der Waals surface area contributed by atoms with Crippen LogP contribution in [0.25, 0.3) is 11.6 Å². The highest BCUT2D eigenvalue weighted by atomic mass is 19.2. The zero-order chi connectivity index (χ0) is 11.3. The maximum Gasteiger partial charge on any atom is 0.225 e. The van der Waals surface area contributed by atoms with Crippen molar-refractivity contribution in [2.24, 2.45) is 0 Å². The predicted octanol–water partition coefficient (Wildman–Crippen LogP) is 3.20. The van der Waals surface area contributed by atoms with Gasteiger partial charge in [0.25, 0.3) is 0 Å². The fourth-order valence-corrected chi connectivity index (χ4v) is 2.01. The highest BCUT2D eigenvalue weighted by Gasteiger charge is 2.31. The number of ketones is 1. The molecule has 0 unspecified atom stereocenters. The molecule has 0 atom stereocenters. The first kappa shape index (κ1) is 9.21. The number of benzene rings is 1. The Hall–Kier alpha value is -2.03. The molecular formula is C13H6F2O. The molecule has 2 aliphatic carbocycles. The Labute approximate surface area is 90.4 Å². The maximum absolute atomic E-state index is 13.1. The van der Waals surface area contributed by atoms with Gasteiger partial charge in [-0.15, -0.1) is 0 Å². The van der Waals surface area contributed by atoms with Crippen LogP contribution >= 0.6 is 0 Å². The van der Waals surface area contributed by atoms with Gasteiger partial charge < -0.3 is 0 Å². The molecule has 78 valence electrons. The second-order valence-electron chi connectivity index (χ2n) is 3.69. The van der Waals surface area contributed by atoms with Gasteiger partial charge >= 0.3 is 0 Å². The molecule has 0 fully saturated rings. The van der Waals surface area contributed by atoms with E-state index in [1.165, 1.54) is 0 Å². The summed E-state index contributed by atoms with van der Waals surface area (Å²) in [6.07, 6.45) is 2.67. The van der Waals surface area contributed by atoms with Gasteiger partial charge in [0.05, 0.1) is 0 Å². The van der Waals surface area contributed by atoms with E-state index in [1.807, 2.05) is 12.1 Å². The van der Waals surface area contributed by atoms with Crippen molar-refractivity contribution in [3.63, 3.8) is 0 Å². The Morgan fingerprint density at radius 2 is 1.69 bits per heavy atom. The van der Waals surface area contributed by atoms with Crippen LogP contribution in [0.15, 0.2) is 47.6 Å². The fourth-order valence-electron chi connectivity index (χ4n) is 2.01. The molecule has 0 saturated heterocycles. The highest BCUT2D eigenvalue weighted by molar-refractivity contribution is 6.25. The summed E-state index contributed by atoms with van der Waals surface area (Å²) >= 11 is 0. The van der Waals surface area contributed by atoms with Crippen molar-refractivity contribution in [1.29, 1.82) is 0 Å². The molecule has 0 radical (unpaired) electrons. The van der Waals surface area contributed by atoms with E-state index in [9.17, 15) is 13.6 Å². The van der Waals surface area contributed by atoms with E-state index in [1.54, 1.807) is 18.2 Å². The quantitative estimate of drug-likeness (QED) is 0.650. The van der Waals surface area contributed by atoms with Crippen molar-refractivity contribution in [1.82, 2.24) is 0 Å². The minimum absolute atomic E-state index is 0.236. The average Bonchev–Trinajstić information content (AvgIpc) is 2.65. The number of hydrogen-bond acceptors (Lipinski definition) is 1. The lowest BCUT2D eigenvalue weighted by atomic mass is 9.95. The van der Waals surface area contributed by atoms with Crippen molar-refractivity contribution in [3.05, 3.63) is 58.7 Å². The Morgan fingerprint density at radius 1 is 0.938 bits per heavy atom. The van der Waals surface area contributed by atoms with Crippen LogP contribution in [-0.2, 0) is 4.79 Å². The van der Waals surface area contributed by atoms with Crippen LogP contribution < -0.4 is 0 Å². The molecule has 1 aromatic rings. The van der Waals surface area contributed by atoms with Crippen LogP contribution in [-0.4, -0.2) is 5.78 Å². The largest absolute Gasteiger partial charge is 0.286 e. The molecule has 1 nitrogen and oxygen atoms in total. The summed E-state index contributed by atoms with van der Waals surface area (Å²) in [5, 5.41) is 0. The molecule has 0 saturated carbocycles. The molecule has 0 amide bonds. The van der Waals surface area contributed by atoms with Gasteiger partial charge in [0.1, 0.15) is 0 Å². The highest BCUT2D eigenvalue weighted by Crippen LogP contribution is 2.41. The number of hydrogen-bond donors (Lipinski definition) is 0. The Balaban J connectivity index is 2.28. The summed E-state index contributed by atoms with van der Waals surface area (Å²) in [5.74, 6) is -3.26. The van der Waals surface area contributed by atoms with Crippen LogP contribution in [0.2, 0.25) is 0 Å². The molecular weight excluding hydrogens is 210 g/mol. The van der Waals surface area contributed by atoms with E-state index >= 15 is 0 Å². The van der Waals surface area contributed by atoms with Gasteiger partial charge in [-0.25, -0.2) is 4.39 Å².